The molecule has 1 amide bonds. The molecule has 0 aliphatic carbocycles. The molecule has 0 saturated heterocycles. The zero-order chi connectivity index (χ0) is 16.8. The summed E-state index contributed by atoms with van der Waals surface area (Å²) >= 11 is 0. The van der Waals surface area contributed by atoms with E-state index in [-0.39, 0.29) is 5.91 Å². The first kappa shape index (κ1) is 17.0. The third kappa shape index (κ3) is 4.82. The molecule has 0 radical (unpaired) electrons. The largest absolute Gasteiger partial charge is 0.493 e. The van der Waals surface area contributed by atoms with Gasteiger partial charge >= 0.3 is 0 Å². The van der Waals surface area contributed by atoms with E-state index >= 15 is 0 Å². The number of anilines is 1. The Morgan fingerprint density at radius 3 is 2.78 bits per heavy atom. The van der Waals surface area contributed by atoms with E-state index in [4.69, 9.17) is 4.74 Å². The lowest BCUT2D eigenvalue weighted by molar-refractivity contribution is -0.118. The fourth-order valence-corrected chi connectivity index (χ4v) is 2.18. The normalized spacial score (nSPS) is 12.2. The summed E-state index contributed by atoms with van der Waals surface area (Å²) in [7, 11) is 3.57. The van der Waals surface area contributed by atoms with E-state index in [1.54, 1.807) is 17.9 Å². The quantitative estimate of drug-likeness (QED) is 0.823. The molecule has 0 aliphatic heterocycles. The summed E-state index contributed by atoms with van der Waals surface area (Å²) < 4.78 is 7.36. The molecule has 2 N–H and O–H groups in total. The highest BCUT2D eigenvalue weighted by molar-refractivity contribution is 5.95. The summed E-state index contributed by atoms with van der Waals surface area (Å²) in [6.07, 6.45) is 3.51. The van der Waals surface area contributed by atoms with Crippen LogP contribution in [0.1, 0.15) is 25.5 Å². The molecule has 124 valence electrons. The number of aromatic nitrogens is 2. The van der Waals surface area contributed by atoms with Crippen LogP contribution in [0.5, 0.6) is 5.75 Å². The molecule has 0 fully saturated rings. The van der Waals surface area contributed by atoms with Crippen molar-refractivity contribution >= 4 is 11.6 Å². The summed E-state index contributed by atoms with van der Waals surface area (Å²) in [5, 5.41) is 10.0. The summed E-state index contributed by atoms with van der Waals surface area (Å²) in [5.74, 6) is 1.06. The smallest absolute Gasteiger partial charge is 0.246 e. The second-order valence-corrected chi connectivity index (χ2v) is 5.89. The Balaban J connectivity index is 2.05. The van der Waals surface area contributed by atoms with E-state index in [9.17, 15) is 4.79 Å². The number of hydrogen-bond acceptors (Lipinski definition) is 4. The molecule has 0 aliphatic rings. The average molecular weight is 316 g/mol. The summed E-state index contributed by atoms with van der Waals surface area (Å²) in [6.45, 7) is 4.83. The van der Waals surface area contributed by atoms with Gasteiger partial charge in [-0.25, -0.2) is 0 Å². The minimum Gasteiger partial charge on any atom is -0.493 e. The highest BCUT2D eigenvalue weighted by Crippen LogP contribution is 2.20. The van der Waals surface area contributed by atoms with Crippen LogP contribution in [0.2, 0.25) is 0 Å². The standard InChI is InChI=1S/C17H24N4O2/c1-12(2)11-23-15-7-5-6-14(8-15)20-17(22)16(18-3)13-9-19-21(4)10-13/h5-10,12,16,18H,11H2,1-4H3,(H,20,22). The predicted octanol–water partition coefficient (Wildman–Crippen LogP) is 2.35. The SMILES string of the molecule is CNC(C(=O)Nc1cccc(OCC(C)C)c1)c1cnn(C)c1. The van der Waals surface area contributed by atoms with Crippen LogP contribution in [0.15, 0.2) is 36.7 Å². The lowest BCUT2D eigenvalue weighted by Gasteiger charge is -2.15. The van der Waals surface area contributed by atoms with Gasteiger partial charge in [0.1, 0.15) is 11.8 Å². The van der Waals surface area contributed by atoms with Crippen molar-refractivity contribution in [2.24, 2.45) is 13.0 Å². The summed E-state index contributed by atoms with van der Waals surface area (Å²) in [5.41, 5.74) is 1.53. The Morgan fingerprint density at radius 1 is 1.39 bits per heavy atom. The van der Waals surface area contributed by atoms with Crippen LogP contribution >= 0.6 is 0 Å². The zero-order valence-electron chi connectivity index (χ0n) is 14.0. The molecule has 1 aromatic carbocycles. The Kier molecular flexibility index (Phi) is 5.76. The maximum atomic E-state index is 12.5. The van der Waals surface area contributed by atoms with Crippen molar-refractivity contribution in [3.05, 3.63) is 42.2 Å². The fourth-order valence-electron chi connectivity index (χ4n) is 2.18. The van der Waals surface area contributed by atoms with Gasteiger partial charge in [-0.2, -0.15) is 5.10 Å². The Labute approximate surface area is 136 Å². The molecule has 1 unspecified atom stereocenters. The topological polar surface area (TPSA) is 68.2 Å². The van der Waals surface area contributed by atoms with E-state index in [0.717, 1.165) is 11.3 Å². The first-order valence-corrected chi connectivity index (χ1v) is 7.69. The molecule has 0 saturated carbocycles. The Morgan fingerprint density at radius 2 is 2.17 bits per heavy atom. The Bertz CT molecular complexity index is 652. The molecular formula is C17H24N4O2. The lowest BCUT2D eigenvalue weighted by atomic mass is 10.1. The van der Waals surface area contributed by atoms with Crippen molar-refractivity contribution in [1.29, 1.82) is 0 Å². The van der Waals surface area contributed by atoms with Gasteiger partial charge in [-0.3, -0.25) is 9.48 Å². The average Bonchev–Trinajstić information content (AvgIpc) is 2.92. The van der Waals surface area contributed by atoms with Gasteiger partial charge in [0, 0.05) is 30.6 Å². The molecule has 2 aromatic rings. The van der Waals surface area contributed by atoms with Crippen molar-refractivity contribution in [1.82, 2.24) is 15.1 Å². The van der Waals surface area contributed by atoms with E-state index in [1.165, 1.54) is 0 Å². The number of aryl methyl sites for hydroxylation is 1. The minimum absolute atomic E-state index is 0.137. The molecular weight excluding hydrogens is 292 g/mol. The van der Waals surface area contributed by atoms with Crippen molar-refractivity contribution in [3.8, 4) is 5.75 Å². The number of rotatable bonds is 7. The molecule has 23 heavy (non-hydrogen) atoms. The third-order valence-corrected chi connectivity index (χ3v) is 3.29. The van der Waals surface area contributed by atoms with Crippen LogP contribution < -0.4 is 15.4 Å². The number of nitrogens with one attached hydrogen (secondary N) is 2. The molecule has 1 heterocycles. The molecule has 0 bridgehead atoms. The number of ether oxygens (including phenoxy) is 1. The fraction of sp³-hybridized carbons (Fsp3) is 0.412. The maximum Gasteiger partial charge on any atom is 0.246 e. The van der Waals surface area contributed by atoms with Crippen molar-refractivity contribution in [3.63, 3.8) is 0 Å². The predicted molar refractivity (Wildman–Crippen MR) is 90.4 cm³/mol. The first-order chi connectivity index (χ1) is 11.0. The monoisotopic (exact) mass is 316 g/mol. The molecule has 1 atom stereocenters. The first-order valence-electron chi connectivity index (χ1n) is 7.69. The number of benzene rings is 1. The van der Waals surface area contributed by atoms with Crippen LogP contribution in [0, 0.1) is 5.92 Å². The van der Waals surface area contributed by atoms with Gasteiger partial charge in [0.2, 0.25) is 5.91 Å². The summed E-state index contributed by atoms with van der Waals surface area (Å²) in [4.78, 5) is 12.5. The van der Waals surface area contributed by atoms with E-state index in [0.29, 0.717) is 18.2 Å². The third-order valence-electron chi connectivity index (χ3n) is 3.29. The summed E-state index contributed by atoms with van der Waals surface area (Å²) in [6, 6.07) is 6.97. The van der Waals surface area contributed by atoms with Gasteiger partial charge in [-0.1, -0.05) is 19.9 Å². The van der Waals surface area contributed by atoms with Gasteiger partial charge < -0.3 is 15.4 Å². The van der Waals surface area contributed by atoms with Crippen LogP contribution in [0.4, 0.5) is 5.69 Å². The number of carbonyl (C=O) groups is 1. The van der Waals surface area contributed by atoms with Crippen molar-refractivity contribution in [2.75, 3.05) is 19.0 Å². The van der Waals surface area contributed by atoms with Crippen molar-refractivity contribution in [2.45, 2.75) is 19.9 Å². The number of amides is 1. The lowest BCUT2D eigenvalue weighted by Crippen LogP contribution is -2.30. The highest BCUT2D eigenvalue weighted by atomic mass is 16.5. The van der Waals surface area contributed by atoms with Crippen LogP contribution in [0.3, 0.4) is 0 Å². The molecule has 2 rings (SSSR count). The van der Waals surface area contributed by atoms with Crippen molar-refractivity contribution < 1.29 is 9.53 Å². The second-order valence-electron chi connectivity index (χ2n) is 5.89. The van der Waals surface area contributed by atoms with Gasteiger partial charge in [-0.05, 0) is 25.1 Å². The Hall–Kier alpha value is -2.34. The maximum absolute atomic E-state index is 12.5. The number of carbonyl (C=O) groups excluding carboxylic acids is 1. The van der Waals surface area contributed by atoms with E-state index in [2.05, 4.69) is 29.6 Å². The van der Waals surface area contributed by atoms with Crippen LogP contribution in [-0.4, -0.2) is 29.3 Å². The van der Waals surface area contributed by atoms with Crippen LogP contribution in [-0.2, 0) is 11.8 Å². The van der Waals surface area contributed by atoms with E-state index in [1.807, 2.05) is 37.5 Å². The zero-order valence-corrected chi connectivity index (χ0v) is 14.0. The molecule has 6 nitrogen and oxygen atoms in total. The van der Waals surface area contributed by atoms with Gasteiger partial charge in [-0.15, -0.1) is 0 Å². The molecule has 0 spiro atoms. The second kappa shape index (κ2) is 7.78. The molecule has 1 aromatic heterocycles. The number of hydrogen-bond donors (Lipinski definition) is 2. The molecule has 6 heteroatoms. The van der Waals surface area contributed by atoms with Gasteiger partial charge in [0.15, 0.2) is 0 Å². The van der Waals surface area contributed by atoms with Crippen LogP contribution in [0.25, 0.3) is 0 Å². The minimum atomic E-state index is -0.455. The van der Waals surface area contributed by atoms with E-state index < -0.39 is 6.04 Å². The van der Waals surface area contributed by atoms with Gasteiger partial charge in [0.05, 0.1) is 12.8 Å². The van der Waals surface area contributed by atoms with Gasteiger partial charge in [0.25, 0.3) is 0 Å². The highest BCUT2D eigenvalue weighted by Gasteiger charge is 2.20. The number of nitrogens with zero attached hydrogens (tertiary/aromatic N) is 2. The number of likely N-dealkylation sites (N-methyl/N-ethyl adjacent to an activating group) is 1.